The Kier molecular flexibility index (Phi) is 10.5. The van der Waals surface area contributed by atoms with E-state index in [9.17, 15) is 14.4 Å². The molecule has 0 bridgehead atoms. The van der Waals surface area contributed by atoms with Crippen molar-refractivity contribution in [3.8, 4) is 0 Å². The lowest BCUT2D eigenvalue weighted by Gasteiger charge is -2.25. The first kappa shape index (κ1) is 27.7. The fraction of sp³-hybridized carbons (Fsp3) is 0.269. The molecule has 0 fully saturated rings. The molecule has 0 saturated heterocycles. The Morgan fingerprint density at radius 2 is 1.46 bits per heavy atom. The number of carbonyl (C=O) groups excluding carboxylic acids is 3. The summed E-state index contributed by atoms with van der Waals surface area (Å²) in [6, 6.07) is 15.0. The van der Waals surface area contributed by atoms with Crippen molar-refractivity contribution in [2.75, 3.05) is 0 Å². The van der Waals surface area contributed by atoms with Gasteiger partial charge < -0.3 is 26.8 Å². The van der Waals surface area contributed by atoms with E-state index in [1.54, 1.807) is 6.92 Å². The van der Waals surface area contributed by atoms with Crippen LogP contribution in [0.25, 0.3) is 0 Å². The van der Waals surface area contributed by atoms with Crippen molar-refractivity contribution in [1.82, 2.24) is 10.6 Å². The molecule has 3 atom stereocenters. The number of allylic oxidation sites excluding steroid dienone is 1. The predicted molar refractivity (Wildman–Crippen MR) is 139 cm³/mol. The van der Waals surface area contributed by atoms with Gasteiger partial charge in [0.25, 0.3) is 5.91 Å². The Bertz CT molecular complexity index is 1060. The molecule has 6 N–H and O–H groups in total. The monoisotopic (exact) mass is 542 g/mol. The summed E-state index contributed by atoms with van der Waals surface area (Å²) >= 11 is 3.37. The van der Waals surface area contributed by atoms with E-state index in [-0.39, 0.29) is 12.8 Å². The highest BCUT2D eigenvalue weighted by molar-refractivity contribution is 9.10. The second-order valence-corrected chi connectivity index (χ2v) is 9.12. The maximum absolute atomic E-state index is 13.3. The van der Waals surface area contributed by atoms with Crippen molar-refractivity contribution >= 4 is 33.7 Å². The van der Waals surface area contributed by atoms with Crippen LogP contribution in [0.15, 0.2) is 83.7 Å². The van der Waals surface area contributed by atoms with Gasteiger partial charge in [0.1, 0.15) is 12.1 Å². The molecule has 0 aliphatic rings. The van der Waals surface area contributed by atoms with Crippen molar-refractivity contribution < 1.29 is 19.1 Å². The molecule has 8 nitrogen and oxygen atoms in total. The molecule has 0 aliphatic carbocycles. The minimum atomic E-state index is -0.983. The van der Waals surface area contributed by atoms with E-state index in [2.05, 4.69) is 39.7 Å². The number of amides is 3. The number of nitrogens with one attached hydrogen (secondary N) is 2. The Hall–Kier alpha value is -3.59. The molecule has 0 aliphatic heterocycles. The minimum absolute atomic E-state index is 0.0406. The van der Waals surface area contributed by atoms with Crippen LogP contribution in [-0.4, -0.2) is 35.9 Å². The van der Waals surface area contributed by atoms with Crippen LogP contribution in [0.3, 0.4) is 0 Å². The molecule has 35 heavy (non-hydrogen) atoms. The third-order valence-corrected chi connectivity index (χ3v) is 5.61. The number of primary amides is 2. The second kappa shape index (κ2) is 13.3. The molecule has 0 spiro atoms. The number of halogens is 1. The highest BCUT2D eigenvalue weighted by Crippen LogP contribution is 2.14. The standard InChI is InChI=1S/C26H31BrN4O4/c1-16(2)35-23(25(29)33)13-17(3)30-22(15-18-7-5-4-6-8-18)26(34)31-21(24(28)32)14-19-9-11-20(27)12-10-19/h4-12,21-23,30H,1,3,13-15H2,2H3,(H2,28,32)(H2,29,33)(H,31,34)/t21-,22+,23+/m0/s1. The summed E-state index contributed by atoms with van der Waals surface area (Å²) in [6.07, 6.45) is -0.399. The van der Waals surface area contributed by atoms with Gasteiger partial charge in [-0.05, 0) is 30.2 Å². The normalized spacial score (nSPS) is 13.1. The van der Waals surface area contributed by atoms with Crippen LogP contribution >= 0.6 is 15.9 Å². The van der Waals surface area contributed by atoms with Crippen LogP contribution in [0.4, 0.5) is 0 Å². The first-order chi connectivity index (χ1) is 16.5. The van der Waals surface area contributed by atoms with Crippen LogP contribution in [0.5, 0.6) is 0 Å². The van der Waals surface area contributed by atoms with Crippen LogP contribution in [0.1, 0.15) is 24.5 Å². The molecule has 2 aromatic rings. The minimum Gasteiger partial charge on any atom is -0.485 e. The van der Waals surface area contributed by atoms with Crippen molar-refractivity contribution in [3.63, 3.8) is 0 Å². The smallest absolute Gasteiger partial charge is 0.258 e. The van der Waals surface area contributed by atoms with Gasteiger partial charge in [0.2, 0.25) is 11.8 Å². The third kappa shape index (κ3) is 9.66. The Morgan fingerprint density at radius 3 is 2.00 bits per heavy atom. The van der Waals surface area contributed by atoms with E-state index in [1.807, 2.05) is 54.6 Å². The van der Waals surface area contributed by atoms with Crippen LogP contribution in [0.2, 0.25) is 0 Å². The summed E-state index contributed by atoms with van der Waals surface area (Å²) in [6.45, 7) is 9.17. The predicted octanol–water partition coefficient (Wildman–Crippen LogP) is 2.47. The first-order valence-electron chi connectivity index (χ1n) is 11.0. The van der Waals surface area contributed by atoms with Gasteiger partial charge >= 0.3 is 0 Å². The lowest BCUT2D eigenvalue weighted by Crippen LogP contribution is -2.53. The van der Waals surface area contributed by atoms with Gasteiger partial charge in [0.15, 0.2) is 6.10 Å². The van der Waals surface area contributed by atoms with Crippen molar-refractivity contribution in [3.05, 3.63) is 94.8 Å². The summed E-state index contributed by atoms with van der Waals surface area (Å²) in [7, 11) is 0. The van der Waals surface area contributed by atoms with E-state index >= 15 is 0 Å². The second-order valence-electron chi connectivity index (χ2n) is 8.20. The molecule has 3 amide bonds. The number of hydrogen-bond acceptors (Lipinski definition) is 5. The Labute approximate surface area is 213 Å². The van der Waals surface area contributed by atoms with E-state index in [1.165, 1.54) is 0 Å². The number of benzene rings is 2. The van der Waals surface area contributed by atoms with Crippen molar-refractivity contribution in [2.45, 2.75) is 44.4 Å². The third-order valence-electron chi connectivity index (χ3n) is 5.08. The SMILES string of the molecule is C=C(C[C@@H](OC(=C)C)C(N)=O)N[C@H](Cc1ccccc1)C(=O)N[C@@H](Cc1ccc(Br)cc1)C(N)=O. The largest absolute Gasteiger partial charge is 0.485 e. The molecule has 2 aromatic carbocycles. The van der Waals surface area contributed by atoms with Gasteiger partial charge in [-0.3, -0.25) is 14.4 Å². The summed E-state index contributed by atoms with van der Waals surface area (Å²) in [5.41, 5.74) is 13.1. The van der Waals surface area contributed by atoms with E-state index in [4.69, 9.17) is 16.2 Å². The maximum atomic E-state index is 13.3. The molecule has 9 heteroatoms. The van der Waals surface area contributed by atoms with Crippen LogP contribution in [0, 0.1) is 0 Å². The number of carbonyl (C=O) groups is 3. The average molecular weight is 543 g/mol. The quantitative estimate of drug-likeness (QED) is 0.272. The Balaban J connectivity index is 2.17. The molecule has 0 saturated carbocycles. The molecular formula is C26H31BrN4O4. The van der Waals surface area contributed by atoms with Gasteiger partial charge in [-0.25, -0.2) is 0 Å². The number of rotatable bonds is 14. The molecule has 2 rings (SSSR count). The summed E-state index contributed by atoms with van der Waals surface area (Å²) in [5, 5.41) is 5.80. The highest BCUT2D eigenvalue weighted by Gasteiger charge is 2.26. The van der Waals surface area contributed by atoms with Crippen LogP contribution in [-0.2, 0) is 32.0 Å². The topological polar surface area (TPSA) is 137 Å². The molecular weight excluding hydrogens is 512 g/mol. The zero-order chi connectivity index (χ0) is 26.0. The highest BCUT2D eigenvalue weighted by atomic mass is 79.9. The van der Waals surface area contributed by atoms with Crippen molar-refractivity contribution in [1.29, 1.82) is 0 Å². The van der Waals surface area contributed by atoms with E-state index in [0.29, 0.717) is 17.9 Å². The lowest BCUT2D eigenvalue weighted by molar-refractivity contribution is -0.128. The molecule has 0 radical (unpaired) electrons. The molecule has 0 unspecified atom stereocenters. The molecule has 186 valence electrons. The molecule has 0 heterocycles. The number of nitrogens with two attached hydrogens (primary N) is 2. The van der Waals surface area contributed by atoms with Gasteiger partial charge in [-0.15, -0.1) is 0 Å². The first-order valence-corrected chi connectivity index (χ1v) is 11.8. The lowest BCUT2D eigenvalue weighted by atomic mass is 10.0. The van der Waals surface area contributed by atoms with E-state index in [0.717, 1.165) is 15.6 Å². The van der Waals surface area contributed by atoms with Gasteiger partial charge in [-0.2, -0.15) is 0 Å². The Morgan fingerprint density at radius 1 is 0.886 bits per heavy atom. The fourth-order valence-electron chi connectivity index (χ4n) is 3.38. The summed E-state index contributed by atoms with van der Waals surface area (Å²) < 4.78 is 6.28. The zero-order valence-electron chi connectivity index (χ0n) is 19.6. The van der Waals surface area contributed by atoms with Crippen LogP contribution < -0.4 is 22.1 Å². The van der Waals surface area contributed by atoms with Gasteiger partial charge in [0.05, 0.1) is 5.76 Å². The fourth-order valence-corrected chi connectivity index (χ4v) is 3.65. The summed E-state index contributed by atoms with van der Waals surface area (Å²) in [5.74, 6) is -1.43. The molecule has 0 aromatic heterocycles. The maximum Gasteiger partial charge on any atom is 0.258 e. The number of ether oxygens (including phenoxy) is 1. The average Bonchev–Trinajstić information content (AvgIpc) is 2.79. The summed E-state index contributed by atoms with van der Waals surface area (Å²) in [4.78, 5) is 37.1. The van der Waals surface area contributed by atoms with Crippen molar-refractivity contribution in [2.24, 2.45) is 11.5 Å². The van der Waals surface area contributed by atoms with E-state index < -0.39 is 35.9 Å². The van der Waals surface area contributed by atoms with Gasteiger partial charge in [-0.1, -0.05) is 71.6 Å². The zero-order valence-corrected chi connectivity index (χ0v) is 21.2. The van der Waals surface area contributed by atoms with Gasteiger partial charge in [0, 0.05) is 29.4 Å². The number of hydrogen-bond donors (Lipinski definition) is 4.